The molecule has 1 aliphatic heterocycles. The summed E-state index contributed by atoms with van der Waals surface area (Å²) in [6, 6.07) is 7.59. The smallest absolute Gasteiger partial charge is 0.363 e. The molecule has 2 aromatic rings. The van der Waals surface area contributed by atoms with Crippen LogP contribution in [0.15, 0.2) is 41.0 Å². The van der Waals surface area contributed by atoms with Crippen molar-refractivity contribution in [3.05, 3.63) is 47.2 Å². The van der Waals surface area contributed by atoms with E-state index in [1.54, 1.807) is 12.1 Å². The summed E-state index contributed by atoms with van der Waals surface area (Å²) >= 11 is 0. The van der Waals surface area contributed by atoms with Gasteiger partial charge in [-0.05, 0) is 24.3 Å². The number of hydrogen-bond acceptors (Lipinski definition) is 8. The zero-order valence-corrected chi connectivity index (χ0v) is 14.8. The Morgan fingerprint density at radius 3 is 2.30 bits per heavy atom. The van der Waals surface area contributed by atoms with E-state index in [0.29, 0.717) is 22.8 Å². The second-order valence-corrected chi connectivity index (χ2v) is 5.47. The highest BCUT2D eigenvalue weighted by Crippen LogP contribution is 2.39. The van der Waals surface area contributed by atoms with E-state index < -0.39 is 5.97 Å². The van der Waals surface area contributed by atoms with Gasteiger partial charge >= 0.3 is 5.97 Å². The topological polar surface area (TPSA) is 107 Å². The number of carbonyl (C=O) groups excluding carboxylic acids is 1. The number of methoxy groups -OCH3 is 3. The second-order valence-electron chi connectivity index (χ2n) is 5.47. The number of esters is 1. The van der Waals surface area contributed by atoms with Crippen molar-refractivity contribution in [1.82, 2.24) is 0 Å². The summed E-state index contributed by atoms with van der Waals surface area (Å²) in [5.41, 5.74) is 0.651. The molecule has 0 unspecified atom stereocenters. The van der Waals surface area contributed by atoms with Gasteiger partial charge in [-0.25, -0.2) is 9.79 Å². The molecule has 1 aliphatic rings. The van der Waals surface area contributed by atoms with Crippen molar-refractivity contribution < 1.29 is 34.0 Å². The summed E-state index contributed by atoms with van der Waals surface area (Å²) < 4.78 is 21.0. The maximum absolute atomic E-state index is 12.2. The molecule has 27 heavy (non-hydrogen) atoms. The predicted molar refractivity (Wildman–Crippen MR) is 96.5 cm³/mol. The SMILES string of the molecule is COc1cc(C2=N/C(=C\c3cccc(O)c3O)C(=O)O2)cc(OC)c1OC. The van der Waals surface area contributed by atoms with Crippen LogP contribution in [0.3, 0.4) is 0 Å². The Bertz CT molecular complexity index is 938. The summed E-state index contributed by atoms with van der Waals surface area (Å²) in [6.45, 7) is 0. The van der Waals surface area contributed by atoms with Crippen LogP contribution in [0.4, 0.5) is 0 Å². The Labute approximate surface area is 154 Å². The number of benzene rings is 2. The molecule has 0 fully saturated rings. The molecule has 1 heterocycles. The Hall–Kier alpha value is -3.68. The minimum Gasteiger partial charge on any atom is -0.504 e. The summed E-state index contributed by atoms with van der Waals surface area (Å²) in [5, 5.41) is 19.4. The molecule has 0 spiro atoms. The number of phenolic OH excluding ortho intramolecular Hbond substituents is 2. The van der Waals surface area contributed by atoms with Crippen LogP contribution in [0.25, 0.3) is 6.08 Å². The highest BCUT2D eigenvalue weighted by atomic mass is 16.6. The van der Waals surface area contributed by atoms with Gasteiger partial charge in [-0.2, -0.15) is 0 Å². The minimum absolute atomic E-state index is 0.0281. The van der Waals surface area contributed by atoms with Crippen LogP contribution in [0, 0.1) is 0 Å². The number of aromatic hydroxyl groups is 2. The molecular weight excluding hydrogens is 354 g/mol. The molecule has 0 saturated carbocycles. The van der Waals surface area contributed by atoms with Crippen LogP contribution >= 0.6 is 0 Å². The van der Waals surface area contributed by atoms with Gasteiger partial charge in [-0.3, -0.25) is 0 Å². The number of aliphatic imine (C=N–C) groups is 1. The van der Waals surface area contributed by atoms with Crippen LogP contribution in [-0.4, -0.2) is 43.4 Å². The van der Waals surface area contributed by atoms with E-state index in [1.165, 1.54) is 45.6 Å². The van der Waals surface area contributed by atoms with E-state index >= 15 is 0 Å². The van der Waals surface area contributed by atoms with Crippen LogP contribution in [-0.2, 0) is 9.53 Å². The monoisotopic (exact) mass is 371 g/mol. The molecule has 0 radical (unpaired) electrons. The number of nitrogens with zero attached hydrogens (tertiary/aromatic N) is 1. The Morgan fingerprint density at radius 2 is 1.70 bits per heavy atom. The first-order chi connectivity index (χ1) is 13.0. The van der Waals surface area contributed by atoms with Crippen LogP contribution < -0.4 is 14.2 Å². The van der Waals surface area contributed by atoms with Crippen LogP contribution in [0.5, 0.6) is 28.7 Å². The summed E-state index contributed by atoms with van der Waals surface area (Å²) in [5.74, 6) is -0.137. The molecule has 140 valence electrons. The van der Waals surface area contributed by atoms with E-state index in [1.807, 2.05) is 0 Å². The lowest BCUT2D eigenvalue weighted by atomic mass is 10.1. The number of hydrogen-bond donors (Lipinski definition) is 2. The fourth-order valence-electron chi connectivity index (χ4n) is 2.55. The molecule has 0 amide bonds. The second kappa shape index (κ2) is 7.28. The maximum Gasteiger partial charge on any atom is 0.363 e. The molecule has 3 rings (SSSR count). The van der Waals surface area contributed by atoms with Gasteiger partial charge < -0.3 is 29.2 Å². The van der Waals surface area contributed by atoms with E-state index in [2.05, 4.69) is 4.99 Å². The highest BCUT2D eigenvalue weighted by Gasteiger charge is 2.27. The van der Waals surface area contributed by atoms with Crippen molar-refractivity contribution >= 4 is 17.9 Å². The molecule has 0 atom stereocenters. The molecule has 8 nitrogen and oxygen atoms in total. The van der Waals surface area contributed by atoms with Gasteiger partial charge in [0, 0.05) is 11.1 Å². The minimum atomic E-state index is -0.693. The average molecular weight is 371 g/mol. The molecule has 0 bridgehead atoms. The molecule has 8 heteroatoms. The van der Waals surface area contributed by atoms with Crippen LogP contribution in [0.1, 0.15) is 11.1 Å². The lowest BCUT2D eigenvalue weighted by Gasteiger charge is -2.13. The summed E-state index contributed by atoms with van der Waals surface area (Å²) in [6.07, 6.45) is 1.32. The molecule has 0 saturated heterocycles. The van der Waals surface area contributed by atoms with Crippen LogP contribution in [0.2, 0.25) is 0 Å². The Balaban J connectivity index is 2.04. The van der Waals surface area contributed by atoms with E-state index in [9.17, 15) is 15.0 Å². The number of para-hydroxylation sites is 1. The molecule has 0 aromatic heterocycles. The number of cyclic esters (lactones) is 1. The molecule has 2 N–H and O–H groups in total. The van der Waals surface area contributed by atoms with Crippen molar-refractivity contribution in [1.29, 1.82) is 0 Å². The van der Waals surface area contributed by atoms with Gasteiger partial charge in [0.1, 0.15) is 0 Å². The van der Waals surface area contributed by atoms with Gasteiger partial charge in [-0.1, -0.05) is 12.1 Å². The normalized spacial score (nSPS) is 14.7. The summed E-state index contributed by atoms with van der Waals surface area (Å²) in [7, 11) is 4.43. The molecule has 0 aliphatic carbocycles. The first-order valence-corrected chi connectivity index (χ1v) is 7.82. The predicted octanol–water partition coefficient (Wildman–Crippen LogP) is 2.47. The van der Waals surface area contributed by atoms with Crippen molar-refractivity contribution in [3.63, 3.8) is 0 Å². The highest BCUT2D eigenvalue weighted by molar-refractivity contribution is 6.13. The zero-order valence-electron chi connectivity index (χ0n) is 14.8. The van der Waals surface area contributed by atoms with E-state index in [-0.39, 0.29) is 28.7 Å². The Morgan fingerprint density at radius 1 is 1.04 bits per heavy atom. The standard InChI is InChI=1S/C19H17NO7/c1-24-14-8-11(9-15(25-2)17(14)26-3)18-20-12(19(23)27-18)7-10-5-4-6-13(21)16(10)22/h4-9,21-22H,1-3H3/b12-7-. The van der Waals surface area contributed by atoms with Gasteiger partial charge in [0.25, 0.3) is 0 Å². The van der Waals surface area contributed by atoms with E-state index in [0.717, 1.165) is 0 Å². The number of carbonyl (C=O) groups is 1. The van der Waals surface area contributed by atoms with E-state index in [4.69, 9.17) is 18.9 Å². The fraction of sp³-hybridized carbons (Fsp3) is 0.158. The lowest BCUT2D eigenvalue weighted by Crippen LogP contribution is -2.06. The fourth-order valence-corrected chi connectivity index (χ4v) is 2.55. The third-order valence-electron chi connectivity index (χ3n) is 3.87. The van der Waals surface area contributed by atoms with Crippen molar-refractivity contribution in [2.45, 2.75) is 0 Å². The maximum atomic E-state index is 12.2. The van der Waals surface area contributed by atoms with Gasteiger partial charge in [0.2, 0.25) is 11.6 Å². The third-order valence-corrected chi connectivity index (χ3v) is 3.87. The van der Waals surface area contributed by atoms with Crippen molar-refractivity contribution in [2.75, 3.05) is 21.3 Å². The molecule has 2 aromatic carbocycles. The molecular formula is C19H17NO7. The first-order valence-electron chi connectivity index (χ1n) is 7.82. The number of ether oxygens (including phenoxy) is 4. The van der Waals surface area contributed by atoms with Crippen molar-refractivity contribution in [3.8, 4) is 28.7 Å². The third kappa shape index (κ3) is 3.37. The largest absolute Gasteiger partial charge is 0.504 e. The van der Waals surface area contributed by atoms with Gasteiger partial charge in [0.15, 0.2) is 28.7 Å². The van der Waals surface area contributed by atoms with Crippen molar-refractivity contribution in [2.24, 2.45) is 4.99 Å². The quantitative estimate of drug-likeness (QED) is 0.472. The lowest BCUT2D eigenvalue weighted by molar-refractivity contribution is -0.129. The number of phenols is 2. The first kappa shape index (κ1) is 18.1. The summed E-state index contributed by atoms with van der Waals surface area (Å²) in [4.78, 5) is 16.3. The zero-order chi connectivity index (χ0) is 19.6. The average Bonchev–Trinajstić information content (AvgIpc) is 3.04. The van der Waals surface area contributed by atoms with Gasteiger partial charge in [-0.15, -0.1) is 0 Å². The number of rotatable bonds is 5. The Kier molecular flexibility index (Phi) is 4.89. The van der Waals surface area contributed by atoms with Gasteiger partial charge in [0.05, 0.1) is 21.3 Å².